The fourth-order valence-corrected chi connectivity index (χ4v) is 4.97. The van der Waals surface area contributed by atoms with Crippen molar-refractivity contribution in [2.24, 2.45) is 5.92 Å². The fourth-order valence-electron chi connectivity index (χ4n) is 3.97. The molecule has 6 nitrogen and oxygen atoms in total. The Balaban J connectivity index is 1.30. The summed E-state index contributed by atoms with van der Waals surface area (Å²) in [5.74, 6) is 1.24. The predicted octanol–water partition coefficient (Wildman–Crippen LogP) is 6.15. The van der Waals surface area contributed by atoms with Gasteiger partial charge in [-0.2, -0.15) is 13.2 Å². The van der Waals surface area contributed by atoms with Gasteiger partial charge in [-0.15, -0.1) is 11.3 Å². The van der Waals surface area contributed by atoms with Crippen molar-refractivity contribution in [3.05, 3.63) is 51.4 Å². The van der Waals surface area contributed by atoms with Crippen molar-refractivity contribution >= 4 is 45.8 Å². The number of pyridine rings is 1. The third-order valence-corrected chi connectivity index (χ3v) is 6.89. The van der Waals surface area contributed by atoms with Crippen molar-refractivity contribution in [1.29, 1.82) is 0 Å². The number of alkyl halides is 3. The molecule has 0 atom stereocenters. The van der Waals surface area contributed by atoms with E-state index in [1.807, 2.05) is 30.3 Å². The molecule has 0 spiro atoms. The molecule has 1 saturated heterocycles. The van der Waals surface area contributed by atoms with Gasteiger partial charge in [0.2, 0.25) is 0 Å². The molecule has 1 N–H and O–H groups in total. The molecule has 1 aliphatic rings. The van der Waals surface area contributed by atoms with E-state index in [0.29, 0.717) is 17.4 Å². The number of piperidine rings is 1. The summed E-state index contributed by atoms with van der Waals surface area (Å²) in [5.41, 5.74) is -0.0994. The van der Waals surface area contributed by atoms with Crippen LogP contribution < -0.4 is 4.90 Å². The Morgan fingerprint density at radius 1 is 1.21 bits per heavy atom. The van der Waals surface area contributed by atoms with Crippen LogP contribution in [0.2, 0.25) is 5.02 Å². The zero-order valence-electron chi connectivity index (χ0n) is 17.6. The molecule has 1 fully saturated rings. The minimum atomic E-state index is -4.52. The lowest BCUT2D eigenvalue weighted by atomic mass is 9.93. The normalized spacial score (nSPS) is 15.2. The number of benzene rings is 1. The van der Waals surface area contributed by atoms with E-state index in [0.717, 1.165) is 64.3 Å². The molecular formula is C22H22ClF3N4O2S. The Bertz CT molecular complexity index is 1130. The first-order valence-electron chi connectivity index (χ1n) is 10.5. The molecule has 0 unspecified atom stereocenters. The third kappa shape index (κ3) is 5.86. The number of anilines is 1. The largest absolute Gasteiger partial charge is 0.465 e. The molecule has 4 rings (SSSR count). The van der Waals surface area contributed by atoms with Crippen molar-refractivity contribution < 1.29 is 23.1 Å². The minimum Gasteiger partial charge on any atom is -0.465 e. The van der Waals surface area contributed by atoms with E-state index in [1.165, 1.54) is 0 Å². The Morgan fingerprint density at radius 2 is 1.97 bits per heavy atom. The highest BCUT2D eigenvalue weighted by Gasteiger charge is 2.34. The summed E-state index contributed by atoms with van der Waals surface area (Å²) in [6.07, 6.45) is -3.24. The first-order valence-corrected chi connectivity index (χ1v) is 11.8. The van der Waals surface area contributed by atoms with Gasteiger partial charge in [-0.1, -0.05) is 11.6 Å². The molecule has 0 bridgehead atoms. The van der Waals surface area contributed by atoms with Gasteiger partial charge in [0.15, 0.2) is 5.69 Å². The van der Waals surface area contributed by atoms with Crippen LogP contribution in [0.4, 0.5) is 23.8 Å². The van der Waals surface area contributed by atoms with Crippen molar-refractivity contribution in [3.63, 3.8) is 0 Å². The molecule has 0 radical (unpaired) electrons. The van der Waals surface area contributed by atoms with Crippen LogP contribution in [-0.2, 0) is 12.7 Å². The number of nitrogens with zero attached hydrogens (tertiary/aromatic N) is 4. The van der Waals surface area contributed by atoms with Crippen molar-refractivity contribution in [1.82, 2.24) is 14.9 Å². The zero-order chi connectivity index (χ0) is 23.6. The van der Waals surface area contributed by atoms with E-state index in [1.54, 1.807) is 0 Å². The van der Waals surface area contributed by atoms with Crippen LogP contribution in [-0.4, -0.2) is 45.7 Å². The van der Waals surface area contributed by atoms with E-state index < -0.39 is 18.0 Å². The molecular weight excluding hydrogens is 477 g/mol. The summed E-state index contributed by atoms with van der Waals surface area (Å²) >= 11 is 6.86. The molecule has 1 amide bonds. The van der Waals surface area contributed by atoms with Crippen LogP contribution in [0, 0.1) is 5.92 Å². The lowest BCUT2D eigenvalue weighted by molar-refractivity contribution is -0.140. The number of halogens is 4. The predicted molar refractivity (Wildman–Crippen MR) is 122 cm³/mol. The first kappa shape index (κ1) is 23.6. The van der Waals surface area contributed by atoms with Gasteiger partial charge in [0.1, 0.15) is 10.8 Å². The SMILES string of the molecule is O=C(O)N(CCC1CCN(c2ccc3cc(Cl)ccc3n2)CC1)Cc1nc(C(F)(F)F)cs1. The van der Waals surface area contributed by atoms with Gasteiger partial charge in [-0.25, -0.2) is 14.8 Å². The first-order chi connectivity index (χ1) is 15.7. The summed E-state index contributed by atoms with van der Waals surface area (Å²) in [4.78, 5) is 23.2. The molecule has 2 aromatic heterocycles. The second-order valence-corrected chi connectivity index (χ2v) is 9.43. The highest BCUT2D eigenvalue weighted by atomic mass is 35.5. The number of amides is 1. The van der Waals surface area contributed by atoms with E-state index in [9.17, 15) is 23.1 Å². The van der Waals surface area contributed by atoms with Gasteiger partial charge in [-0.05, 0) is 55.5 Å². The summed E-state index contributed by atoms with van der Waals surface area (Å²) in [6.45, 7) is 1.74. The molecule has 1 aromatic carbocycles. The molecule has 176 valence electrons. The Morgan fingerprint density at radius 3 is 2.64 bits per heavy atom. The lowest BCUT2D eigenvalue weighted by Gasteiger charge is -2.33. The van der Waals surface area contributed by atoms with E-state index in [-0.39, 0.29) is 18.1 Å². The maximum Gasteiger partial charge on any atom is 0.434 e. The standard InChI is InChI=1S/C22H22ClF3N4O2S/c23-16-2-3-17-15(11-16)1-4-19(27-17)29-8-5-14(6-9-29)7-10-30(21(31)32)12-20-28-18(13-33-20)22(24,25)26/h1-4,11,13-14H,5-10,12H2,(H,31,32). The van der Waals surface area contributed by atoms with E-state index in [4.69, 9.17) is 16.6 Å². The number of thiazole rings is 1. The molecule has 1 aliphatic heterocycles. The van der Waals surface area contributed by atoms with Crippen LogP contribution in [0.15, 0.2) is 35.7 Å². The highest BCUT2D eigenvalue weighted by molar-refractivity contribution is 7.09. The molecule has 3 aromatic rings. The molecule has 0 saturated carbocycles. The van der Waals surface area contributed by atoms with Crippen LogP contribution in [0.5, 0.6) is 0 Å². The number of aromatic nitrogens is 2. The molecule has 3 heterocycles. The number of carboxylic acid groups (broad SMARTS) is 1. The van der Waals surface area contributed by atoms with E-state index >= 15 is 0 Å². The Labute approximate surface area is 197 Å². The average molecular weight is 499 g/mol. The zero-order valence-corrected chi connectivity index (χ0v) is 19.1. The van der Waals surface area contributed by atoms with Crippen LogP contribution in [0.1, 0.15) is 30.0 Å². The van der Waals surface area contributed by atoms with Gasteiger partial charge in [-0.3, -0.25) is 0 Å². The smallest absolute Gasteiger partial charge is 0.434 e. The van der Waals surface area contributed by atoms with Gasteiger partial charge >= 0.3 is 12.3 Å². The number of hydrogen-bond acceptors (Lipinski definition) is 5. The Hall–Kier alpha value is -2.59. The van der Waals surface area contributed by atoms with Gasteiger partial charge in [0.25, 0.3) is 0 Å². The number of rotatable bonds is 6. The summed E-state index contributed by atoms with van der Waals surface area (Å²) in [7, 11) is 0. The maximum absolute atomic E-state index is 12.7. The number of hydrogen-bond donors (Lipinski definition) is 1. The van der Waals surface area contributed by atoms with Gasteiger partial charge < -0.3 is 14.9 Å². The molecule has 33 heavy (non-hydrogen) atoms. The molecule has 11 heteroatoms. The van der Waals surface area contributed by atoms with Gasteiger partial charge in [0, 0.05) is 35.4 Å². The Kier molecular flexibility index (Phi) is 6.94. The summed E-state index contributed by atoms with van der Waals surface area (Å²) in [6, 6.07) is 9.58. The fraction of sp³-hybridized carbons (Fsp3) is 0.409. The average Bonchev–Trinajstić information content (AvgIpc) is 3.26. The van der Waals surface area contributed by atoms with Crippen LogP contribution in [0.3, 0.4) is 0 Å². The second-order valence-electron chi connectivity index (χ2n) is 8.05. The quantitative estimate of drug-likeness (QED) is 0.441. The second kappa shape index (κ2) is 9.72. The van der Waals surface area contributed by atoms with E-state index in [2.05, 4.69) is 9.88 Å². The monoisotopic (exact) mass is 498 g/mol. The lowest BCUT2D eigenvalue weighted by Crippen LogP contribution is -2.36. The van der Waals surface area contributed by atoms with Crippen LogP contribution in [0.25, 0.3) is 10.9 Å². The van der Waals surface area contributed by atoms with Crippen molar-refractivity contribution in [2.75, 3.05) is 24.5 Å². The number of fused-ring (bicyclic) bond motifs is 1. The molecule has 0 aliphatic carbocycles. The maximum atomic E-state index is 12.7. The van der Waals surface area contributed by atoms with Crippen molar-refractivity contribution in [2.45, 2.75) is 32.0 Å². The minimum absolute atomic E-state index is 0.139. The summed E-state index contributed by atoms with van der Waals surface area (Å²) < 4.78 is 38.2. The van der Waals surface area contributed by atoms with Crippen molar-refractivity contribution in [3.8, 4) is 0 Å². The summed E-state index contributed by atoms with van der Waals surface area (Å²) in [5, 5.41) is 12.2. The number of carbonyl (C=O) groups is 1. The van der Waals surface area contributed by atoms with Crippen LogP contribution >= 0.6 is 22.9 Å². The third-order valence-electron chi connectivity index (χ3n) is 5.82. The topological polar surface area (TPSA) is 69.6 Å². The highest BCUT2D eigenvalue weighted by Crippen LogP contribution is 2.31. The van der Waals surface area contributed by atoms with Gasteiger partial charge in [0.05, 0.1) is 12.1 Å².